The average Bonchev–Trinajstić information content (AvgIpc) is 3.12. The van der Waals surface area contributed by atoms with E-state index in [0.717, 1.165) is 56.2 Å². The van der Waals surface area contributed by atoms with Crippen LogP contribution in [0.25, 0.3) is 0 Å². The van der Waals surface area contributed by atoms with E-state index in [2.05, 4.69) is 33.0 Å². The summed E-state index contributed by atoms with van der Waals surface area (Å²) < 4.78 is 11.6. The molecule has 2 aromatic rings. The molecule has 2 saturated carbocycles. The minimum Gasteiger partial charge on any atom is -0.493 e. The third-order valence-corrected chi connectivity index (χ3v) is 9.91. The van der Waals surface area contributed by atoms with Crippen LogP contribution in [0.4, 0.5) is 21.9 Å². The van der Waals surface area contributed by atoms with E-state index >= 15 is 4.79 Å². The minimum atomic E-state index is -0.617. The van der Waals surface area contributed by atoms with Crippen molar-refractivity contribution in [1.82, 2.24) is 5.01 Å². The van der Waals surface area contributed by atoms with Crippen molar-refractivity contribution in [3.63, 3.8) is 0 Å². The Bertz CT molecular complexity index is 1440. The lowest BCUT2D eigenvalue weighted by Gasteiger charge is -2.47. The molecule has 1 aliphatic heterocycles. The third-order valence-electron chi connectivity index (χ3n) is 9.91. The zero-order chi connectivity index (χ0) is 33.4. The minimum absolute atomic E-state index is 0.0107. The number of urea groups is 1. The molecule has 9 heteroatoms. The number of rotatable bonds is 8. The number of nitrogens with one attached hydrogen (secondary N) is 1. The lowest BCUT2D eigenvalue weighted by Crippen LogP contribution is -2.49. The molecule has 0 bridgehead atoms. The van der Waals surface area contributed by atoms with Crippen LogP contribution in [0.1, 0.15) is 98.5 Å². The summed E-state index contributed by atoms with van der Waals surface area (Å²) in [6.45, 7) is 13.0. The van der Waals surface area contributed by atoms with E-state index in [9.17, 15) is 4.79 Å². The average molecular weight is 632 g/mol. The Morgan fingerprint density at radius 1 is 0.957 bits per heavy atom. The van der Waals surface area contributed by atoms with Gasteiger partial charge in [0.25, 0.3) is 0 Å². The maximum atomic E-state index is 15.0. The molecular formula is C37H53N5O4. The topological polar surface area (TPSA) is 109 Å². The first kappa shape index (κ1) is 33.8. The maximum absolute atomic E-state index is 15.0. The SMILES string of the molecule is COc1cc2c(cc1OC)N(c1ccc(NC(=O)C(N)C(C)C)cc1)C(=O)N(C1CC(C)(C)CC(C)(C)C1)N=C2C1CCCCC1. The molecule has 250 valence electrons. The van der Waals surface area contributed by atoms with Crippen LogP contribution in [-0.2, 0) is 4.79 Å². The summed E-state index contributed by atoms with van der Waals surface area (Å²) in [5.74, 6) is 1.15. The molecule has 5 rings (SSSR count). The Labute approximate surface area is 274 Å². The molecule has 46 heavy (non-hydrogen) atoms. The van der Waals surface area contributed by atoms with Gasteiger partial charge in [0.2, 0.25) is 5.91 Å². The standard InChI is InChI=1S/C37H53N5O4/c1-23(2)32(38)34(43)39-25-14-16-26(17-15-25)41-29-19-31(46-8)30(45-7)18-28(29)33(24-12-10-9-11-13-24)40-42(35(41)44)27-20-36(3,4)22-37(5,6)21-27/h14-19,23-24,27,32H,9-13,20-22,38H2,1-8H3,(H,39,43). The van der Waals surface area contributed by atoms with Crippen molar-refractivity contribution < 1.29 is 19.1 Å². The van der Waals surface area contributed by atoms with Crippen LogP contribution in [0.3, 0.4) is 0 Å². The van der Waals surface area contributed by atoms with Crippen molar-refractivity contribution in [3.8, 4) is 11.5 Å². The molecule has 2 aromatic carbocycles. The summed E-state index contributed by atoms with van der Waals surface area (Å²) in [7, 11) is 3.25. The van der Waals surface area contributed by atoms with Gasteiger partial charge in [-0.2, -0.15) is 5.10 Å². The fraction of sp³-hybridized carbons (Fsp3) is 0.595. The van der Waals surface area contributed by atoms with Crippen LogP contribution in [0.15, 0.2) is 41.5 Å². The van der Waals surface area contributed by atoms with E-state index in [4.69, 9.17) is 20.3 Å². The lowest BCUT2D eigenvalue weighted by atomic mass is 9.63. The number of nitrogens with zero attached hydrogens (tertiary/aromatic N) is 3. The van der Waals surface area contributed by atoms with Gasteiger partial charge in [-0.25, -0.2) is 9.80 Å². The van der Waals surface area contributed by atoms with E-state index < -0.39 is 6.04 Å². The number of ether oxygens (including phenoxy) is 2. The Balaban J connectivity index is 1.66. The second-order valence-electron chi connectivity index (χ2n) is 15.4. The zero-order valence-corrected chi connectivity index (χ0v) is 29.0. The number of hydrogen-bond acceptors (Lipinski definition) is 6. The largest absolute Gasteiger partial charge is 0.493 e. The molecule has 1 unspecified atom stereocenters. The van der Waals surface area contributed by atoms with Crippen LogP contribution in [0.5, 0.6) is 11.5 Å². The highest BCUT2D eigenvalue weighted by Crippen LogP contribution is 2.49. The van der Waals surface area contributed by atoms with Gasteiger partial charge in [0.15, 0.2) is 11.5 Å². The van der Waals surface area contributed by atoms with Gasteiger partial charge in [0.1, 0.15) is 0 Å². The van der Waals surface area contributed by atoms with Crippen molar-refractivity contribution in [1.29, 1.82) is 0 Å². The van der Waals surface area contributed by atoms with Crippen molar-refractivity contribution in [2.45, 2.75) is 105 Å². The van der Waals surface area contributed by atoms with Crippen molar-refractivity contribution in [2.75, 3.05) is 24.4 Å². The predicted molar refractivity (Wildman–Crippen MR) is 185 cm³/mol. The predicted octanol–water partition coefficient (Wildman–Crippen LogP) is 8.09. The summed E-state index contributed by atoms with van der Waals surface area (Å²) in [5.41, 5.74) is 10.0. The molecule has 0 radical (unpaired) electrons. The highest BCUT2D eigenvalue weighted by atomic mass is 16.5. The summed E-state index contributed by atoms with van der Waals surface area (Å²) in [6, 6.07) is 10.4. The Morgan fingerprint density at radius 3 is 2.11 bits per heavy atom. The van der Waals surface area contributed by atoms with Crippen LogP contribution >= 0.6 is 0 Å². The quantitative estimate of drug-likeness (QED) is 0.306. The van der Waals surface area contributed by atoms with Crippen LogP contribution in [-0.4, -0.2) is 49.0 Å². The monoisotopic (exact) mass is 631 g/mol. The molecule has 1 atom stereocenters. The van der Waals surface area contributed by atoms with Gasteiger partial charge in [-0.3, -0.25) is 9.69 Å². The molecule has 3 aliphatic rings. The number of nitrogens with two attached hydrogens (primary N) is 1. The second kappa shape index (κ2) is 13.3. The van der Waals surface area contributed by atoms with Crippen LogP contribution < -0.4 is 25.4 Å². The van der Waals surface area contributed by atoms with Crippen molar-refractivity contribution in [3.05, 3.63) is 42.0 Å². The van der Waals surface area contributed by atoms with Gasteiger partial charge < -0.3 is 20.5 Å². The molecule has 1 heterocycles. The smallest absolute Gasteiger partial charge is 0.349 e. The second-order valence-corrected chi connectivity index (χ2v) is 15.4. The summed E-state index contributed by atoms with van der Waals surface area (Å²) in [6.07, 6.45) is 8.37. The van der Waals surface area contributed by atoms with E-state index in [-0.39, 0.29) is 40.6 Å². The Hall–Kier alpha value is -3.59. The number of hydrogen-bond donors (Lipinski definition) is 2. The summed E-state index contributed by atoms with van der Waals surface area (Å²) >= 11 is 0. The van der Waals surface area contributed by atoms with E-state index in [1.807, 2.05) is 50.2 Å². The third kappa shape index (κ3) is 7.04. The van der Waals surface area contributed by atoms with E-state index in [1.54, 1.807) is 24.1 Å². The fourth-order valence-corrected chi connectivity index (χ4v) is 8.02. The summed E-state index contributed by atoms with van der Waals surface area (Å²) in [5, 5.41) is 10.1. The van der Waals surface area contributed by atoms with Crippen LogP contribution in [0.2, 0.25) is 0 Å². The van der Waals surface area contributed by atoms with E-state index in [1.165, 1.54) is 6.42 Å². The van der Waals surface area contributed by atoms with Gasteiger partial charge >= 0.3 is 6.03 Å². The molecule has 0 saturated heterocycles. The number of carbonyl (C=O) groups is 2. The zero-order valence-electron chi connectivity index (χ0n) is 29.0. The van der Waals surface area contributed by atoms with Gasteiger partial charge in [-0.05, 0) is 79.2 Å². The van der Waals surface area contributed by atoms with Crippen molar-refractivity contribution in [2.24, 2.45) is 33.5 Å². The van der Waals surface area contributed by atoms with Gasteiger partial charge in [-0.15, -0.1) is 0 Å². The maximum Gasteiger partial charge on any atom is 0.349 e. The van der Waals surface area contributed by atoms with E-state index in [0.29, 0.717) is 28.6 Å². The van der Waals surface area contributed by atoms with Crippen LogP contribution in [0, 0.1) is 22.7 Å². The molecule has 2 fully saturated rings. The summed E-state index contributed by atoms with van der Waals surface area (Å²) in [4.78, 5) is 29.5. The molecular weight excluding hydrogens is 578 g/mol. The first-order valence-electron chi connectivity index (χ1n) is 16.9. The first-order valence-corrected chi connectivity index (χ1v) is 16.9. The van der Waals surface area contributed by atoms with Gasteiger partial charge in [0, 0.05) is 23.2 Å². The molecule has 0 aromatic heterocycles. The number of benzene rings is 2. The van der Waals surface area contributed by atoms with Gasteiger partial charge in [-0.1, -0.05) is 60.8 Å². The highest BCUT2D eigenvalue weighted by Gasteiger charge is 2.45. The number of fused-ring (bicyclic) bond motifs is 1. The molecule has 3 amide bonds. The first-order chi connectivity index (χ1) is 21.7. The molecule has 0 spiro atoms. The normalized spacial score (nSPS) is 20.9. The van der Waals surface area contributed by atoms with Crippen molar-refractivity contribution >= 4 is 34.7 Å². The van der Waals surface area contributed by atoms with Gasteiger partial charge in [0.05, 0.1) is 43.4 Å². The highest BCUT2D eigenvalue weighted by molar-refractivity contribution is 6.14. The number of hydrazone groups is 1. The molecule has 3 N–H and O–H groups in total. The number of amides is 3. The lowest BCUT2D eigenvalue weighted by molar-refractivity contribution is -0.118. The fourth-order valence-electron chi connectivity index (χ4n) is 8.02. The Morgan fingerprint density at radius 2 is 1.54 bits per heavy atom. The molecule has 2 aliphatic carbocycles. The Kier molecular flexibility index (Phi) is 9.73. The number of carbonyl (C=O) groups excluding carboxylic acids is 2. The number of anilines is 3. The number of methoxy groups -OCH3 is 2. The molecule has 9 nitrogen and oxygen atoms in total.